The van der Waals surface area contributed by atoms with Crippen molar-refractivity contribution in [2.75, 3.05) is 18.4 Å². The molecule has 0 saturated carbocycles. The van der Waals surface area contributed by atoms with Gasteiger partial charge in [0.25, 0.3) is 5.91 Å². The molecule has 3 rings (SSSR count). The Bertz CT molecular complexity index is 790. The topological polar surface area (TPSA) is 56.1 Å². The maximum absolute atomic E-state index is 12.5. The van der Waals surface area contributed by atoms with E-state index >= 15 is 0 Å². The van der Waals surface area contributed by atoms with Crippen molar-refractivity contribution in [2.24, 2.45) is 0 Å². The Morgan fingerprint density at radius 3 is 2.48 bits per heavy atom. The molecule has 128 valence electrons. The number of nitrogens with one attached hydrogen (secondary N) is 1. The van der Waals surface area contributed by atoms with Crippen LogP contribution in [0.4, 0.5) is 5.69 Å². The minimum atomic E-state index is 0.133. The molecule has 0 radical (unpaired) electrons. The highest BCUT2D eigenvalue weighted by atomic mass is 79.9. The predicted octanol–water partition coefficient (Wildman–Crippen LogP) is 4.56. The molecule has 25 heavy (non-hydrogen) atoms. The Morgan fingerprint density at radius 1 is 1.12 bits per heavy atom. The molecule has 0 aromatic heterocycles. The third-order valence-electron chi connectivity index (χ3n) is 4.43. The van der Waals surface area contributed by atoms with Crippen molar-refractivity contribution in [2.45, 2.75) is 25.8 Å². The van der Waals surface area contributed by atoms with Crippen LogP contribution < -0.4 is 5.32 Å². The SMILES string of the molecule is N#Cc1ccc(NCc2ccc(C(=O)N3CCCCC3)cc2)c(Br)c1. The average molecular weight is 398 g/mol. The first-order valence-electron chi connectivity index (χ1n) is 8.49. The van der Waals surface area contributed by atoms with Gasteiger partial charge < -0.3 is 10.2 Å². The molecule has 1 N–H and O–H groups in total. The lowest BCUT2D eigenvalue weighted by Gasteiger charge is -2.26. The molecule has 0 bridgehead atoms. The molecular formula is C20H20BrN3O. The first kappa shape index (κ1) is 17.5. The van der Waals surface area contributed by atoms with Gasteiger partial charge in [0.1, 0.15) is 0 Å². The third-order valence-corrected chi connectivity index (χ3v) is 5.08. The Kier molecular flexibility index (Phi) is 5.72. The summed E-state index contributed by atoms with van der Waals surface area (Å²) in [5, 5.41) is 12.2. The van der Waals surface area contributed by atoms with Crippen LogP contribution in [-0.2, 0) is 6.54 Å². The van der Waals surface area contributed by atoms with Gasteiger partial charge in [-0.25, -0.2) is 0 Å². The normalized spacial score (nSPS) is 14.0. The summed E-state index contributed by atoms with van der Waals surface area (Å²) < 4.78 is 0.864. The summed E-state index contributed by atoms with van der Waals surface area (Å²) >= 11 is 3.47. The lowest BCUT2D eigenvalue weighted by atomic mass is 10.1. The fourth-order valence-corrected chi connectivity index (χ4v) is 3.49. The van der Waals surface area contributed by atoms with E-state index in [0.717, 1.165) is 47.2 Å². The molecule has 5 heteroatoms. The number of rotatable bonds is 4. The van der Waals surface area contributed by atoms with Crippen molar-refractivity contribution < 1.29 is 4.79 Å². The van der Waals surface area contributed by atoms with Crippen LogP contribution in [0, 0.1) is 11.3 Å². The number of nitriles is 1. The van der Waals surface area contributed by atoms with Crippen molar-refractivity contribution in [3.05, 3.63) is 63.6 Å². The lowest BCUT2D eigenvalue weighted by molar-refractivity contribution is 0.0724. The van der Waals surface area contributed by atoms with Crippen LogP contribution >= 0.6 is 15.9 Å². The maximum atomic E-state index is 12.5. The van der Waals surface area contributed by atoms with Crippen molar-refractivity contribution in [1.29, 1.82) is 5.26 Å². The summed E-state index contributed by atoms with van der Waals surface area (Å²) in [5.74, 6) is 0.133. The van der Waals surface area contributed by atoms with E-state index in [2.05, 4.69) is 27.3 Å². The Balaban J connectivity index is 1.61. The number of piperidine rings is 1. The molecule has 0 unspecified atom stereocenters. The van der Waals surface area contributed by atoms with Gasteiger partial charge in [0.15, 0.2) is 0 Å². The third kappa shape index (κ3) is 4.40. The molecular weight excluding hydrogens is 378 g/mol. The van der Waals surface area contributed by atoms with Gasteiger partial charge in [-0.15, -0.1) is 0 Å². The molecule has 0 spiro atoms. The van der Waals surface area contributed by atoms with Crippen molar-refractivity contribution in [3.8, 4) is 6.07 Å². The molecule has 1 heterocycles. The molecule has 4 nitrogen and oxygen atoms in total. The van der Waals surface area contributed by atoms with Gasteiger partial charge in [0.05, 0.1) is 11.6 Å². The molecule has 2 aromatic carbocycles. The second kappa shape index (κ2) is 8.17. The van der Waals surface area contributed by atoms with Crippen LogP contribution in [0.25, 0.3) is 0 Å². The molecule has 0 atom stereocenters. The van der Waals surface area contributed by atoms with E-state index in [-0.39, 0.29) is 5.91 Å². The summed E-state index contributed by atoms with van der Waals surface area (Å²) in [4.78, 5) is 14.4. The van der Waals surface area contributed by atoms with Gasteiger partial charge in [-0.2, -0.15) is 5.26 Å². The van der Waals surface area contributed by atoms with E-state index in [9.17, 15) is 4.79 Å². The van der Waals surface area contributed by atoms with Gasteiger partial charge in [0, 0.05) is 35.4 Å². The first-order valence-corrected chi connectivity index (χ1v) is 9.28. The summed E-state index contributed by atoms with van der Waals surface area (Å²) in [6.45, 7) is 2.40. The Labute approximate surface area is 156 Å². The zero-order chi connectivity index (χ0) is 17.6. The number of carbonyl (C=O) groups is 1. The van der Waals surface area contributed by atoms with E-state index in [0.29, 0.717) is 12.1 Å². The van der Waals surface area contributed by atoms with Crippen LogP contribution in [0.2, 0.25) is 0 Å². The van der Waals surface area contributed by atoms with E-state index in [4.69, 9.17) is 5.26 Å². The zero-order valence-electron chi connectivity index (χ0n) is 14.0. The molecule has 2 aromatic rings. The molecule has 1 saturated heterocycles. The van der Waals surface area contributed by atoms with Gasteiger partial charge in [0.2, 0.25) is 0 Å². The molecule has 1 amide bonds. The van der Waals surface area contributed by atoms with Crippen molar-refractivity contribution in [1.82, 2.24) is 4.90 Å². The summed E-state index contributed by atoms with van der Waals surface area (Å²) in [6, 6.07) is 15.4. The number of anilines is 1. The molecule has 1 fully saturated rings. The number of benzene rings is 2. The summed E-state index contributed by atoms with van der Waals surface area (Å²) in [6.07, 6.45) is 3.43. The highest BCUT2D eigenvalue weighted by Crippen LogP contribution is 2.24. The number of carbonyl (C=O) groups excluding carboxylic acids is 1. The number of hydrogen-bond acceptors (Lipinski definition) is 3. The summed E-state index contributed by atoms with van der Waals surface area (Å²) in [7, 11) is 0. The fourth-order valence-electron chi connectivity index (χ4n) is 2.97. The molecule has 1 aliphatic rings. The number of hydrogen-bond donors (Lipinski definition) is 1. The van der Waals surface area contributed by atoms with Crippen molar-refractivity contribution >= 4 is 27.5 Å². The quantitative estimate of drug-likeness (QED) is 0.822. The lowest BCUT2D eigenvalue weighted by Crippen LogP contribution is -2.35. The van der Waals surface area contributed by atoms with E-state index < -0.39 is 0 Å². The smallest absolute Gasteiger partial charge is 0.253 e. The van der Waals surface area contributed by atoms with Gasteiger partial charge >= 0.3 is 0 Å². The fraction of sp³-hybridized carbons (Fsp3) is 0.300. The maximum Gasteiger partial charge on any atom is 0.253 e. The Hall–Kier alpha value is -2.32. The van der Waals surface area contributed by atoms with Crippen LogP contribution in [-0.4, -0.2) is 23.9 Å². The van der Waals surface area contributed by atoms with Gasteiger partial charge in [-0.05, 0) is 71.1 Å². The van der Waals surface area contributed by atoms with E-state index in [1.54, 1.807) is 12.1 Å². The monoisotopic (exact) mass is 397 g/mol. The number of nitrogens with zero attached hydrogens (tertiary/aromatic N) is 2. The minimum absolute atomic E-state index is 0.133. The van der Waals surface area contributed by atoms with Gasteiger partial charge in [-0.1, -0.05) is 12.1 Å². The van der Waals surface area contributed by atoms with Crippen LogP contribution in [0.3, 0.4) is 0 Å². The second-order valence-electron chi connectivity index (χ2n) is 6.21. The van der Waals surface area contributed by atoms with Gasteiger partial charge in [-0.3, -0.25) is 4.79 Å². The van der Waals surface area contributed by atoms with Crippen LogP contribution in [0.15, 0.2) is 46.9 Å². The second-order valence-corrected chi connectivity index (χ2v) is 7.06. The van der Waals surface area contributed by atoms with Crippen LogP contribution in [0.5, 0.6) is 0 Å². The Morgan fingerprint density at radius 2 is 1.84 bits per heavy atom. The zero-order valence-corrected chi connectivity index (χ0v) is 15.6. The van der Waals surface area contributed by atoms with Crippen molar-refractivity contribution in [3.63, 3.8) is 0 Å². The minimum Gasteiger partial charge on any atom is -0.380 e. The molecule has 1 aliphatic heterocycles. The predicted molar refractivity (Wildman–Crippen MR) is 102 cm³/mol. The summed E-state index contributed by atoms with van der Waals surface area (Å²) in [5.41, 5.74) is 3.42. The number of likely N-dealkylation sites (tertiary alicyclic amines) is 1. The highest BCUT2D eigenvalue weighted by molar-refractivity contribution is 9.10. The molecule has 0 aliphatic carbocycles. The highest BCUT2D eigenvalue weighted by Gasteiger charge is 2.17. The van der Waals surface area contributed by atoms with Crippen LogP contribution in [0.1, 0.15) is 40.7 Å². The number of amides is 1. The van der Waals surface area contributed by atoms with E-state index in [1.807, 2.05) is 35.2 Å². The largest absolute Gasteiger partial charge is 0.380 e. The van der Waals surface area contributed by atoms with E-state index in [1.165, 1.54) is 6.42 Å². The standard InChI is InChI=1S/C20H20BrN3O/c21-18-12-16(13-22)6-9-19(18)23-14-15-4-7-17(8-5-15)20(25)24-10-2-1-3-11-24/h4-9,12,23H,1-3,10-11,14H2. The average Bonchev–Trinajstić information content (AvgIpc) is 2.67. The first-order chi connectivity index (χ1) is 12.2. The number of halogens is 1.